The molecule has 4 heteroatoms. The fourth-order valence-corrected chi connectivity index (χ4v) is 3.47. The zero-order valence-corrected chi connectivity index (χ0v) is 12.3. The fourth-order valence-electron chi connectivity index (χ4n) is 2.12. The summed E-state index contributed by atoms with van der Waals surface area (Å²) in [6.07, 6.45) is 3.63. The van der Waals surface area contributed by atoms with E-state index in [0.717, 1.165) is 28.7 Å². The molecule has 0 spiro atoms. The molecular weight excluding hydrogens is 266 g/mol. The van der Waals surface area contributed by atoms with Gasteiger partial charge in [0, 0.05) is 23.3 Å². The largest absolute Gasteiger partial charge is 0.377 e. The minimum absolute atomic E-state index is 0.173. The zero-order valence-electron chi connectivity index (χ0n) is 10.7. The number of thioether (sulfide) groups is 1. The molecular formula is C14H20ClNOS. The smallest absolute Gasteiger partial charge is 0.0669 e. The van der Waals surface area contributed by atoms with Crippen molar-refractivity contribution in [2.45, 2.75) is 43.2 Å². The van der Waals surface area contributed by atoms with Crippen LogP contribution in [0.3, 0.4) is 0 Å². The van der Waals surface area contributed by atoms with Gasteiger partial charge < -0.3 is 10.5 Å². The first-order valence-corrected chi connectivity index (χ1v) is 7.80. The Morgan fingerprint density at radius 2 is 2.39 bits per heavy atom. The molecule has 0 aliphatic carbocycles. The Kier molecular flexibility index (Phi) is 5.37. The molecule has 18 heavy (non-hydrogen) atoms. The lowest BCUT2D eigenvalue weighted by molar-refractivity contribution is 0.129. The van der Waals surface area contributed by atoms with E-state index in [1.165, 1.54) is 18.4 Å². The Balaban J connectivity index is 1.92. The Morgan fingerprint density at radius 3 is 3.00 bits per heavy atom. The van der Waals surface area contributed by atoms with Crippen LogP contribution in [-0.4, -0.2) is 24.5 Å². The predicted molar refractivity (Wildman–Crippen MR) is 78.5 cm³/mol. The van der Waals surface area contributed by atoms with E-state index < -0.39 is 0 Å². The average molecular weight is 286 g/mol. The van der Waals surface area contributed by atoms with Gasteiger partial charge in [-0.05, 0) is 43.9 Å². The average Bonchev–Trinajstić information content (AvgIpc) is 2.80. The molecule has 0 radical (unpaired) electrons. The third kappa shape index (κ3) is 4.16. The van der Waals surface area contributed by atoms with Crippen molar-refractivity contribution < 1.29 is 4.74 Å². The van der Waals surface area contributed by atoms with Gasteiger partial charge in [0.15, 0.2) is 0 Å². The van der Waals surface area contributed by atoms with Crippen LogP contribution in [0.5, 0.6) is 0 Å². The van der Waals surface area contributed by atoms with Crippen molar-refractivity contribution in [3.05, 3.63) is 28.8 Å². The third-order valence-electron chi connectivity index (χ3n) is 3.00. The number of ether oxygens (including phenoxy) is 1. The van der Waals surface area contributed by atoms with E-state index in [-0.39, 0.29) is 6.04 Å². The van der Waals surface area contributed by atoms with E-state index in [4.69, 9.17) is 22.1 Å². The van der Waals surface area contributed by atoms with E-state index in [1.54, 1.807) is 11.8 Å². The van der Waals surface area contributed by atoms with Gasteiger partial charge in [-0.25, -0.2) is 0 Å². The summed E-state index contributed by atoms with van der Waals surface area (Å²) in [6.45, 7) is 2.92. The molecule has 2 atom stereocenters. The van der Waals surface area contributed by atoms with Gasteiger partial charge in [-0.3, -0.25) is 0 Å². The van der Waals surface area contributed by atoms with Gasteiger partial charge in [-0.2, -0.15) is 0 Å². The van der Waals surface area contributed by atoms with Crippen LogP contribution in [0.25, 0.3) is 0 Å². The van der Waals surface area contributed by atoms with E-state index in [0.29, 0.717) is 6.10 Å². The second-order valence-corrected chi connectivity index (χ2v) is 6.36. The van der Waals surface area contributed by atoms with Gasteiger partial charge in [0.1, 0.15) is 0 Å². The summed E-state index contributed by atoms with van der Waals surface area (Å²) in [5.74, 6) is 0.992. The standard InChI is InChI=1S/C14H20ClNOS/c1-10(16)7-11-4-5-14(13(15)8-11)18-9-12-3-2-6-17-12/h4-5,8,10,12H,2-3,6-7,9,16H2,1H3. The van der Waals surface area contributed by atoms with Gasteiger partial charge in [0.05, 0.1) is 11.1 Å². The second-order valence-electron chi connectivity index (χ2n) is 4.89. The van der Waals surface area contributed by atoms with Gasteiger partial charge >= 0.3 is 0 Å². The Labute approximate surface area is 118 Å². The topological polar surface area (TPSA) is 35.2 Å². The quantitative estimate of drug-likeness (QED) is 0.841. The van der Waals surface area contributed by atoms with Crippen LogP contribution in [0.15, 0.2) is 23.1 Å². The van der Waals surface area contributed by atoms with E-state index in [2.05, 4.69) is 12.1 Å². The first-order chi connectivity index (χ1) is 8.65. The third-order valence-corrected chi connectivity index (χ3v) is 4.63. The number of hydrogen-bond acceptors (Lipinski definition) is 3. The molecule has 1 aromatic rings. The van der Waals surface area contributed by atoms with Crippen LogP contribution in [0.4, 0.5) is 0 Å². The Morgan fingerprint density at radius 1 is 1.56 bits per heavy atom. The first-order valence-electron chi connectivity index (χ1n) is 6.43. The first kappa shape index (κ1) is 14.2. The van der Waals surface area contributed by atoms with Crippen molar-refractivity contribution in [2.75, 3.05) is 12.4 Å². The van der Waals surface area contributed by atoms with Crippen LogP contribution in [-0.2, 0) is 11.2 Å². The minimum Gasteiger partial charge on any atom is -0.377 e. The highest BCUT2D eigenvalue weighted by atomic mass is 35.5. The van der Waals surface area contributed by atoms with E-state index in [1.807, 2.05) is 13.0 Å². The van der Waals surface area contributed by atoms with Crippen LogP contribution < -0.4 is 5.73 Å². The van der Waals surface area contributed by atoms with Gasteiger partial charge in [-0.15, -0.1) is 11.8 Å². The molecule has 100 valence electrons. The summed E-state index contributed by atoms with van der Waals surface area (Å²) in [7, 11) is 0. The monoisotopic (exact) mass is 285 g/mol. The SMILES string of the molecule is CC(N)Cc1ccc(SCC2CCCO2)c(Cl)c1. The molecule has 2 rings (SSSR count). The normalized spacial score (nSPS) is 21.2. The second kappa shape index (κ2) is 6.80. The number of rotatable bonds is 5. The highest BCUT2D eigenvalue weighted by molar-refractivity contribution is 7.99. The van der Waals surface area contributed by atoms with Crippen LogP contribution in [0.2, 0.25) is 5.02 Å². The van der Waals surface area contributed by atoms with Crippen molar-refractivity contribution in [1.82, 2.24) is 0 Å². The Bertz CT molecular complexity index is 391. The summed E-state index contributed by atoms with van der Waals surface area (Å²) in [6, 6.07) is 6.42. The highest BCUT2D eigenvalue weighted by Crippen LogP contribution is 2.30. The molecule has 1 aliphatic rings. The maximum Gasteiger partial charge on any atom is 0.0669 e. The highest BCUT2D eigenvalue weighted by Gasteiger charge is 2.16. The number of halogens is 1. The van der Waals surface area contributed by atoms with E-state index >= 15 is 0 Å². The molecule has 0 aromatic heterocycles. The van der Waals surface area contributed by atoms with Crippen molar-refractivity contribution in [3.8, 4) is 0 Å². The van der Waals surface area contributed by atoms with Gasteiger partial charge in [0.25, 0.3) is 0 Å². The summed E-state index contributed by atoms with van der Waals surface area (Å²) < 4.78 is 5.61. The summed E-state index contributed by atoms with van der Waals surface area (Å²) >= 11 is 8.08. The van der Waals surface area contributed by atoms with Crippen molar-refractivity contribution >= 4 is 23.4 Å². The van der Waals surface area contributed by atoms with Crippen molar-refractivity contribution in [3.63, 3.8) is 0 Å². The molecule has 1 saturated heterocycles. The molecule has 2 N–H and O–H groups in total. The fraction of sp³-hybridized carbons (Fsp3) is 0.571. The van der Waals surface area contributed by atoms with Crippen LogP contribution in [0.1, 0.15) is 25.3 Å². The lowest BCUT2D eigenvalue weighted by Crippen LogP contribution is -2.17. The number of hydrogen-bond donors (Lipinski definition) is 1. The number of benzene rings is 1. The Hall–Kier alpha value is -0.220. The minimum atomic E-state index is 0.173. The molecule has 0 bridgehead atoms. The maximum absolute atomic E-state index is 6.30. The van der Waals surface area contributed by atoms with E-state index in [9.17, 15) is 0 Å². The lowest BCUT2D eigenvalue weighted by atomic mass is 10.1. The zero-order chi connectivity index (χ0) is 13.0. The van der Waals surface area contributed by atoms with Crippen molar-refractivity contribution in [1.29, 1.82) is 0 Å². The number of nitrogens with two attached hydrogens (primary N) is 1. The summed E-state index contributed by atoms with van der Waals surface area (Å²) in [5, 5.41) is 0.830. The maximum atomic E-state index is 6.30. The molecule has 0 amide bonds. The molecule has 1 aromatic carbocycles. The molecule has 0 saturated carbocycles. The van der Waals surface area contributed by atoms with Crippen LogP contribution >= 0.6 is 23.4 Å². The predicted octanol–water partition coefficient (Wildman–Crippen LogP) is 3.50. The molecule has 2 nitrogen and oxygen atoms in total. The van der Waals surface area contributed by atoms with Crippen molar-refractivity contribution in [2.24, 2.45) is 5.73 Å². The lowest BCUT2D eigenvalue weighted by Gasteiger charge is -2.11. The van der Waals surface area contributed by atoms with Gasteiger partial charge in [-0.1, -0.05) is 17.7 Å². The molecule has 1 aliphatic heterocycles. The van der Waals surface area contributed by atoms with Gasteiger partial charge in [0.2, 0.25) is 0 Å². The summed E-state index contributed by atoms with van der Waals surface area (Å²) in [5.41, 5.74) is 6.99. The summed E-state index contributed by atoms with van der Waals surface area (Å²) in [4.78, 5) is 1.14. The molecule has 1 heterocycles. The molecule has 1 fully saturated rings. The van der Waals surface area contributed by atoms with Crippen LogP contribution in [0, 0.1) is 0 Å². The molecule has 2 unspecified atom stereocenters.